The first-order chi connectivity index (χ1) is 8.44. The van der Waals surface area contributed by atoms with Crippen molar-refractivity contribution in [2.45, 2.75) is 25.7 Å². The molecule has 1 aliphatic rings. The summed E-state index contributed by atoms with van der Waals surface area (Å²) in [7, 11) is 1.56. The van der Waals surface area contributed by atoms with Crippen molar-refractivity contribution in [2.24, 2.45) is 0 Å². The van der Waals surface area contributed by atoms with E-state index in [1.165, 1.54) is 0 Å². The SMILES string of the molecule is COc1cc2c(c(C(C)(C)CC(=O)O)c1)OCO2. The fourth-order valence-electron chi connectivity index (χ4n) is 2.08. The van der Waals surface area contributed by atoms with Gasteiger partial charge in [0.15, 0.2) is 11.5 Å². The minimum absolute atomic E-state index is 0.00989. The van der Waals surface area contributed by atoms with Crippen LogP contribution in [0, 0.1) is 0 Å². The van der Waals surface area contributed by atoms with Gasteiger partial charge in [-0.05, 0) is 6.07 Å². The first-order valence-corrected chi connectivity index (χ1v) is 5.64. The largest absolute Gasteiger partial charge is 0.497 e. The highest BCUT2D eigenvalue weighted by atomic mass is 16.7. The summed E-state index contributed by atoms with van der Waals surface area (Å²) in [6, 6.07) is 3.54. The number of methoxy groups -OCH3 is 1. The van der Waals surface area contributed by atoms with Crippen LogP contribution in [0.3, 0.4) is 0 Å². The van der Waals surface area contributed by atoms with Gasteiger partial charge in [-0.2, -0.15) is 0 Å². The molecular formula is C13H16O5. The summed E-state index contributed by atoms with van der Waals surface area (Å²) >= 11 is 0. The average Bonchev–Trinajstić information content (AvgIpc) is 2.73. The van der Waals surface area contributed by atoms with Crippen molar-refractivity contribution < 1.29 is 24.1 Å². The van der Waals surface area contributed by atoms with Crippen LogP contribution in [-0.2, 0) is 10.2 Å². The Morgan fingerprint density at radius 2 is 2.17 bits per heavy atom. The molecule has 0 atom stereocenters. The number of benzene rings is 1. The van der Waals surface area contributed by atoms with Crippen LogP contribution in [0.15, 0.2) is 12.1 Å². The molecule has 0 saturated carbocycles. The summed E-state index contributed by atoms with van der Waals surface area (Å²) in [4.78, 5) is 10.9. The van der Waals surface area contributed by atoms with E-state index in [1.807, 2.05) is 13.8 Å². The quantitative estimate of drug-likeness (QED) is 0.889. The third kappa shape index (κ3) is 2.20. The van der Waals surface area contributed by atoms with E-state index in [9.17, 15) is 4.79 Å². The summed E-state index contributed by atoms with van der Waals surface area (Å²) < 4.78 is 16.0. The summed E-state index contributed by atoms with van der Waals surface area (Å²) in [5.41, 5.74) is 0.231. The van der Waals surface area contributed by atoms with Gasteiger partial charge in [0.1, 0.15) is 5.75 Å². The Kier molecular flexibility index (Phi) is 3.07. The summed E-state index contributed by atoms with van der Waals surface area (Å²) in [5.74, 6) is 0.994. The van der Waals surface area contributed by atoms with Gasteiger partial charge >= 0.3 is 5.97 Å². The van der Waals surface area contributed by atoms with Gasteiger partial charge in [-0.3, -0.25) is 4.79 Å². The van der Waals surface area contributed by atoms with Crippen molar-refractivity contribution in [3.63, 3.8) is 0 Å². The van der Waals surface area contributed by atoms with E-state index in [1.54, 1.807) is 19.2 Å². The van der Waals surface area contributed by atoms with Crippen molar-refractivity contribution in [3.8, 4) is 17.2 Å². The van der Waals surface area contributed by atoms with E-state index < -0.39 is 11.4 Å². The predicted molar refractivity (Wildman–Crippen MR) is 64.4 cm³/mol. The third-order valence-corrected chi connectivity index (χ3v) is 3.00. The van der Waals surface area contributed by atoms with E-state index >= 15 is 0 Å². The Balaban J connectivity index is 2.49. The Hall–Kier alpha value is -1.91. The number of carboxylic acids is 1. The second-order valence-electron chi connectivity index (χ2n) is 4.86. The zero-order valence-electron chi connectivity index (χ0n) is 10.6. The minimum atomic E-state index is -0.851. The van der Waals surface area contributed by atoms with Crippen molar-refractivity contribution in [2.75, 3.05) is 13.9 Å². The molecule has 2 rings (SSSR count). The lowest BCUT2D eigenvalue weighted by Crippen LogP contribution is -2.22. The monoisotopic (exact) mass is 252 g/mol. The number of hydrogen-bond acceptors (Lipinski definition) is 4. The smallest absolute Gasteiger partial charge is 0.304 e. The molecule has 0 amide bonds. The van der Waals surface area contributed by atoms with Crippen LogP contribution in [0.1, 0.15) is 25.8 Å². The number of carbonyl (C=O) groups is 1. The van der Waals surface area contributed by atoms with Crippen molar-refractivity contribution in [1.29, 1.82) is 0 Å². The predicted octanol–water partition coefficient (Wildman–Crippen LogP) is 2.18. The van der Waals surface area contributed by atoms with E-state index in [4.69, 9.17) is 19.3 Å². The Labute approximate surface area is 105 Å². The number of rotatable bonds is 4. The molecule has 0 radical (unpaired) electrons. The minimum Gasteiger partial charge on any atom is -0.497 e. The maximum absolute atomic E-state index is 10.9. The molecule has 1 N–H and O–H groups in total. The summed E-state index contributed by atoms with van der Waals surface area (Å²) in [6.07, 6.45) is 0.00989. The lowest BCUT2D eigenvalue weighted by Gasteiger charge is -2.24. The van der Waals surface area contributed by atoms with Crippen LogP contribution in [0.4, 0.5) is 0 Å². The van der Waals surface area contributed by atoms with Crippen LogP contribution < -0.4 is 14.2 Å². The number of aliphatic carboxylic acids is 1. The Bertz CT molecular complexity index is 479. The molecular weight excluding hydrogens is 236 g/mol. The average molecular weight is 252 g/mol. The number of ether oxygens (including phenoxy) is 3. The molecule has 0 aromatic heterocycles. The standard InChI is InChI=1S/C13H16O5/c1-13(2,6-11(14)15)9-4-8(16-3)5-10-12(9)18-7-17-10/h4-5H,6-7H2,1-3H3,(H,14,15). The second kappa shape index (κ2) is 4.40. The maximum atomic E-state index is 10.9. The van der Waals surface area contributed by atoms with Crippen molar-refractivity contribution >= 4 is 5.97 Å². The number of hydrogen-bond donors (Lipinski definition) is 1. The van der Waals surface area contributed by atoms with E-state index in [-0.39, 0.29) is 13.2 Å². The van der Waals surface area contributed by atoms with Gasteiger partial charge in [-0.25, -0.2) is 0 Å². The molecule has 0 fully saturated rings. The zero-order chi connectivity index (χ0) is 13.3. The van der Waals surface area contributed by atoms with Gasteiger partial charge in [-0.1, -0.05) is 13.8 Å². The van der Waals surface area contributed by atoms with Crippen molar-refractivity contribution in [1.82, 2.24) is 0 Å². The number of carboxylic acid groups (broad SMARTS) is 1. The van der Waals surface area contributed by atoms with E-state index in [2.05, 4.69) is 0 Å². The molecule has 5 nitrogen and oxygen atoms in total. The molecule has 5 heteroatoms. The van der Waals surface area contributed by atoms with Gasteiger partial charge in [0.05, 0.1) is 13.5 Å². The highest BCUT2D eigenvalue weighted by Gasteiger charge is 2.32. The lowest BCUT2D eigenvalue weighted by atomic mass is 9.80. The first-order valence-electron chi connectivity index (χ1n) is 5.64. The highest BCUT2D eigenvalue weighted by Crippen LogP contribution is 2.45. The van der Waals surface area contributed by atoms with Crippen LogP contribution in [-0.4, -0.2) is 25.0 Å². The molecule has 1 aliphatic heterocycles. The van der Waals surface area contributed by atoms with Crippen LogP contribution in [0.2, 0.25) is 0 Å². The molecule has 0 bridgehead atoms. The normalized spacial score (nSPS) is 13.5. The molecule has 18 heavy (non-hydrogen) atoms. The first kappa shape index (κ1) is 12.5. The Morgan fingerprint density at radius 1 is 1.44 bits per heavy atom. The Morgan fingerprint density at radius 3 is 2.78 bits per heavy atom. The van der Waals surface area contributed by atoms with Gasteiger partial charge in [0.25, 0.3) is 0 Å². The molecule has 0 aliphatic carbocycles. The van der Waals surface area contributed by atoms with Crippen LogP contribution in [0.25, 0.3) is 0 Å². The topological polar surface area (TPSA) is 65.0 Å². The highest BCUT2D eigenvalue weighted by molar-refractivity contribution is 5.70. The second-order valence-corrected chi connectivity index (χ2v) is 4.86. The van der Waals surface area contributed by atoms with E-state index in [0.717, 1.165) is 5.56 Å². The third-order valence-electron chi connectivity index (χ3n) is 3.00. The van der Waals surface area contributed by atoms with Gasteiger partial charge in [-0.15, -0.1) is 0 Å². The fraction of sp³-hybridized carbons (Fsp3) is 0.462. The van der Waals surface area contributed by atoms with Crippen LogP contribution in [0.5, 0.6) is 17.2 Å². The van der Waals surface area contributed by atoms with E-state index in [0.29, 0.717) is 17.2 Å². The van der Waals surface area contributed by atoms with Gasteiger partial charge in [0.2, 0.25) is 6.79 Å². The molecule has 1 heterocycles. The molecule has 1 aromatic carbocycles. The molecule has 0 unspecified atom stereocenters. The van der Waals surface area contributed by atoms with Gasteiger partial charge < -0.3 is 19.3 Å². The summed E-state index contributed by atoms with van der Waals surface area (Å²) in [5, 5.41) is 8.98. The zero-order valence-corrected chi connectivity index (χ0v) is 10.6. The fourth-order valence-corrected chi connectivity index (χ4v) is 2.08. The van der Waals surface area contributed by atoms with Crippen molar-refractivity contribution in [3.05, 3.63) is 17.7 Å². The van der Waals surface area contributed by atoms with Gasteiger partial charge in [0, 0.05) is 17.0 Å². The molecule has 0 spiro atoms. The summed E-state index contributed by atoms with van der Waals surface area (Å²) in [6.45, 7) is 3.87. The van der Waals surface area contributed by atoms with Crippen LogP contribution >= 0.6 is 0 Å². The number of fused-ring (bicyclic) bond motifs is 1. The molecule has 1 aromatic rings. The molecule has 98 valence electrons. The maximum Gasteiger partial charge on any atom is 0.304 e. The lowest BCUT2D eigenvalue weighted by molar-refractivity contribution is -0.138. The molecule has 0 saturated heterocycles.